The van der Waals surface area contributed by atoms with Crippen LogP contribution in [0.5, 0.6) is 0 Å². The number of ether oxygens (including phenoxy) is 1. The lowest BCUT2D eigenvalue weighted by Gasteiger charge is -2.32. The largest absolute Gasteiger partial charge is 0.411 e. The summed E-state index contributed by atoms with van der Waals surface area (Å²) in [4.78, 5) is 13.8. The van der Waals surface area contributed by atoms with Crippen molar-refractivity contribution in [1.29, 1.82) is 0 Å². The van der Waals surface area contributed by atoms with Gasteiger partial charge < -0.3 is 15.0 Å². The van der Waals surface area contributed by atoms with Gasteiger partial charge in [-0.2, -0.15) is 13.2 Å². The SMILES string of the molecule is CCCCN1CCC(NC(=O)COCC(F)(F)F)CC1. The minimum Gasteiger partial charge on any atom is -0.362 e. The Morgan fingerprint density at radius 1 is 1.35 bits per heavy atom. The van der Waals surface area contributed by atoms with Gasteiger partial charge in [-0.15, -0.1) is 0 Å². The van der Waals surface area contributed by atoms with Crippen molar-refractivity contribution in [2.45, 2.75) is 44.8 Å². The minimum atomic E-state index is -4.38. The van der Waals surface area contributed by atoms with Gasteiger partial charge in [-0.3, -0.25) is 4.79 Å². The molecule has 0 saturated carbocycles. The second-order valence-electron chi connectivity index (χ2n) is 5.14. The number of piperidine rings is 1. The number of hydrogen-bond acceptors (Lipinski definition) is 3. The summed E-state index contributed by atoms with van der Waals surface area (Å²) in [6, 6.07) is 0.0508. The van der Waals surface area contributed by atoms with Gasteiger partial charge in [0.05, 0.1) is 0 Å². The molecule has 1 rings (SSSR count). The Bertz CT molecular complexity index is 290. The number of carbonyl (C=O) groups is 1. The molecule has 7 heteroatoms. The molecule has 118 valence electrons. The van der Waals surface area contributed by atoms with Gasteiger partial charge in [-0.05, 0) is 25.8 Å². The first-order chi connectivity index (χ1) is 9.40. The number of hydrogen-bond donors (Lipinski definition) is 1. The average molecular weight is 296 g/mol. The van der Waals surface area contributed by atoms with E-state index in [1.165, 1.54) is 6.42 Å². The van der Waals surface area contributed by atoms with Crippen molar-refractivity contribution in [1.82, 2.24) is 10.2 Å². The highest BCUT2D eigenvalue weighted by molar-refractivity contribution is 5.77. The Morgan fingerprint density at radius 2 is 2.00 bits per heavy atom. The first-order valence-electron chi connectivity index (χ1n) is 7.07. The lowest BCUT2D eigenvalue weighted by Crippen LogP contribution is -2.45. The van der Waals surface area contributed by atoms with Crippen molar-refractivity contribution in [3.63, 3.8) is 0 Å². The van der Waals surface area contributed by atoms with Crippen LogP contribution in [-0.4, -0.2) is 55.9 Å². The van der Waals surface area contributed by atoms with E-state index in [9.17, 15) is 18.0 Å². The molecule has 0 aliphatic carbocycles. The first-order valence-corrected chi connectivity index (χ1v) is 7.07. The van der Waals surface area contributed by atoms with E-state index in [0.717, 1.165) is 38.9 Å². The van der Waals surface area contributed by atoms with Crippen LogP contribution in [0.2, 0.25) is 0 Å². The van der Waals surface area contributed by atoms with E-state index < -0.39 is 25.3 Å². The molecule has 1 saturated heterocycles. The highest BCUT2D eigenvalue weighted by Gasteiger charge is 2.28. The molecular formula is C13H23F3N2O2. The molecule has 1 heterocycles. The quantitative estimate of drug-likeness (QED) is 0.781. The number of rotatable bonds is 7. The van der Waals surface area contributed by atoms with Crippen LogP contribution in [0.15, 0.2) is 0 Å². The van der Waals surface area contributed by atoms with Gasteiger partial charge in [0.2, 0.25) is 5.91 Å². The number of alkyl halides is 3. The lowest BCUT2D eigenvalue weighted by atomic mass is 10.0. The summed E-state index contributed by atoms with van der Waals surface area (Å²) >= 11 is 0. The number of nitrogens with one attached hydrogen (secondary N) is 1. The number of amides is 1. The maximum atomic E-state index is 11.8. The molecule has 4 nitrogen and oxygen atoms in total. The average Bonchev–Trinajstić information content (AvgIpc) is 2.36. The maximum Gasteiger partial charge on any atom is 0.411 e. The smallest absolute Gasteiger partial charge is 0.362 e. The maximum absolute atomic E-state index is 11.8. The molecule has 0 spiro atoms. The molecular weight excluding hydrogens is 273 g/mol. The number of likely N-dealkylation sites (tertiary alicyclic amines) is 1. The Morgan fingerprint density at radius 3 is 2.55 bits per heavy atom. The molecule has 1 aliphatic rings. The molecule has 0 unspecified atom stereocenters. The summed E-state index contributed by atoms with van der Waals surface area (Å²) < 4.78 is 39.9. The Hall–Kier alpha value is -0.820. The van der Waals surface area contributed by atoms with E-state index in [4.69, 9.17) is 0 Å². The fourth-order valence-corrected chi connectivity index (χ4v) is 2.21. The van der Waals surface area contributed by atoms with Crippen LogP contribution >= 0.6 is 0 Å². The van der Waals surface area contributed by atoms with Crippen LogP contribution in [0.25, 0.3) is 0 Å². The molecule has 0 atom stereocenters. The topological polar surface area (TPSA) is 41.6 Å². The molecule has 1 fully saturated rings. The molecule has 0 radical (unpaired) electrons. The van der Waals surface area contributed by atoms with Gasteiger partial charge in [-0.25, -0.2) is 0 Å². The van der Waals surface area contributed by atoms with Gasteiger partial charge in [0.15, 0.2) is 0 Å². The molecule has 1 aliphatic heterocycles. The van der Waals surface area contributed by atoms with Crippen molar-refractivity contribution in [3.05, 3.63) is 0 Å². The molecule has 1 amide bonds. The monoisotopic (exact) mass is 296 g/mol. The van der Waals surface area contributed by atoms with E-state index in [1.54, 1.807) is 0 Å². The zero-order chi connectivity index (χ0) is 15.0. The summed E-state index contributed by atoms with van der Waals surface area (Å²) in [7, 11) is 0. The zero-order valence-electron chi connectivity index (χ0n) is 11.8. The third-order valence-corrected chi connectivity index (χ3v) is 3.28. The summed E-state index contributed by atoms with van der Waals surface area (Å²) in [6.45, 7) is 3.16. The standard InChI is InChI=1S/C13H23F3N2O2/c1-2-3-6-18-7-4-11(5-8-18)17-12(19)9-20-10-13(14,15)16/h11H,2-10H2,1H3,(H,17,19). The fourth-order valence-electron chi connectivity index (χ4n) is 2.21. The van der Waals surface area contributed by atoms with Crippen LogP contribution in [-0.2, 0) is 9.53 Å². The van der Waals surface area contributed by atoms with Crippen LogP contribution in [0.3, 0.4) is 0 Å². The summed E-state index contributed by atoms with van der Waals surface area (Å²) in [6.07, 6.45) is -0.371. The van der Waals surface area contributed by atoms with E-state index in [-0.39, 0.29) is 6.04 Å². The molecule has 0 aromatic heterocycles. The highest BCUT2D eigenvalue weighted by atomic mass is 19.4. The van der Waals surface area contributed by atoms with Gasteiger partial charge >= 0.3 is 6.18 Å². The van der Waals surface area contributed by atoms with Gasteiger partial charge in [0, 0.05) is 19.1 Å². The number of halogens is 3. The van der Waals surface area contributed by atoms with Crippen molar-refractivity contribution >= 4 is 5.91 Å². The fraction of sp³-hybridized carbons (Fsp3) is 0.923. The van der Waals surface area contributed by atoms with Crippen molar-refractivity contribution < 1.29 is 22.7 Å². The minimum absolute atomic E-state index is 0.0508. The highest BCUT2D eigenvalue weighted by Crippen LogP contribution is 2.14. The Kier molecular flexibility index (Phi) is 7.29. The van der Waals surface area contributed by atoms with E-state index >= 15 is 0 Å². The lowest BCUT2D eigenvalue weighted by molar-refractivity contribution is -0.175. The zero-order valence-corrected chi connectivity index (χ0v) is 11.8. The Labute approximate surface area is 117 Å². The summed E-state index contributed by atoms with van der Waals surface area (Å²) in [5, 5.41) is 2.72. The Balaban J connectivity index is 2.12. The van der Waals surface area contributed by atoms with Crippen molar-refractivity contribution in [2.75, 3.05) is 32.8 Å². The number of carbonyl (C=O) groups excluding carboxylic acids is 1. The van der Waals surface area contributed by atoms with E-state index in [2.05, 4.69) is 21.9 Å². The van der Waals surface area contributed by atoms with E-state index in [0.29, 0.717) is 0 Å². The van der Waals surface area contributed by atoms with E-state index in [1.807, 2.05) is 0 Å². The third kappa shape index (κ3) is 7.69. The van der Waals surface area contributed by atoms with Crippen LogP contribution in [0, 0.1) is 0 Å². The normalized spacial score (nSPS) is 18.2. The van der Waals surface area contributed by atoms with Crippen LogP contribution in [0.1, 0.15) is 32.6 Å². The third-order valence-electron chi connectivity index (χ3n) is 3.28. The summed E-state index contributed by atoms with van der Waals surface area (Å²) in [5.74, 6) is -0.471. The van der Waals surface area contributed by atoms with Gasteiger partial charge in [0.1, 0.15) is 13.2 Å². The number of unbranched alkanes of at least 4 members (excludes halogenated alkanes) is 1. The van der Waals surface area contributed by atoms with Crippen LogP contribution < -0.4 is 5.32 Å². The van der Waals surface area contributed by atoms with Crippen LogP contribution in [0.4, 0.5) is 13.2 Å². The van der Waals surface area contributed by atoms with Gasteiger partial charge in [0.25, 0.3) is 0 Å². The number of nitrogens with zero attached hydrogens (tertiary/aromatic N) is 1. The second-order valence-corrected chi connectivity index (χ2v) is 5.14. The molecule has 1 N–H and O–H groups in total. The summed E-state index contributed by atoms with van der Waals surface area (Å²) in [5.41, 5.74) is 0. The van der Waals surface area contributed by atoms with Crippen molar-refractivity contribution in [2.24, 2.45) is 0 Å². The molecule has 0 aromatic rings. The second kappa shape index (κ2) is 8.46. The molecule has 0 aromatic carbocycles. The molecule has 0 bridgehead atoms. The first kappa shape index (κ1) is 17.2. The molecule has 20 heavy (non-hydrogen) atoms. The van der Waals surface area contributed by atoms with Gasteiger partial charge in [-0.1, -0.05) is 13.3 Å². The predicted octanol–water partition coefficient (Wildman–Crippen LogP) is 1.95. The van der Waals surface area contributed by atoms with Crippen molar-refractivity contribution in [3.8, 4) is 0 Å². The predicted molar refractivity (Wildman–Crippen MR) is 69.4 cm³/mol.